The number of alkyl halides is 1. The number of ether oxygens (including phenoxy) is 1. The van der Waals surface area contributed by atoms with Crippen LogP contribution in [-0.2, 0) is 0 Å². The fourth-order valence-electron chi connectivity index (χ4n) is 0.828. The SMILES string of the molecule is COc1ccc(SCCF)cc1. The molecule has 1 rings (SSSR count). The smallest absolute Gasteiger partial charge is 0.118 e. The van der Waals surface area contributed by atoms with Crippen molar-refractivity contribution in [3.63, 3.8) is 0 Å². The molecular weight excluding hydrogens is 175 g/mol. The molecule has 0 unspecified atom stereocenters. The molecule has 0 N–H and O–H groups in total. The molecule has 12 heavy (non-hydrogen) atoms. The van der Waals surface area contributed by atoms with Crippen LogP contribution in [0.4, 0.5) is 4.39 Å². The molecule has 0 atom stereocenters. The summed E-state index contributed by atoms with van der Waals surface area (Å²) in [5, 5.41) is 0. The molecule has 0 saturated heterocycles. The van der Waals surface area contributed by atoms with Crippen molar-refractivity contribution < 1.29 is 9.13 Å². The summed E-state index contributed by atoms with van der Waals surface area (Å²) in [5.41, 5.74) is 0. The lowest BCUT2D eigenvalue weighted by Crippen LogP contribution is -1.83. The highest BCUT2D eigenvalue weighted by Crippen LogP contribution is 2.20. The van der Waals surface area contributed by atoms with Crippen molar-refractivity contribution in [1.82, 2.24) is 0 Å². The molecule has 0 radical (unpaired) electrons. The molecule has 0 aromatic heterocycles. The average Bonchev–Trinajstić information content (AvgIpc) is 2.15. The predicted molar refractivity (Wildman–Crippen MR) is 49.7 cm³/mol. The first-order valence-electron chi connectivity index (χ1n) is 3.69. The number of rotatable bonds is 4. The zero-order valence-electron chi connectivity index (χ0n) is 6.92. The summed E-state index contributed by atoms with van der Waals surface area (Å²) in [5.74, 6) is 1.35. The lowest BCUT2D eigenvalue weighted by molar-refractivity contribution is 0.414. The molecule has 0 aliphatic heterocycles. The first kappa shape index (κ1) is 9.39. The van der Waals surface area contributed by atoms with Crippen LogP contribution >= 0.6 is 11.8 Å². The second-order valence-corrected chi connectivity index (χ2v) is 3.38. The Morgan fingerprint density at radius 1 is 1.33 bits per heavy atom. The highest BCUT2D eigenvalue weighted by molar-refractivity contribution is 7.99. The van der Waals surface area contributed by atoms with E-state index in [1.807, 2.05) is 24.3 Å². The molecule has 0 amide bonds. The normalized spacial score (nSPS) is 9.83. The quantitative estimate of drug-likeness (QED) is 0.669. The summed E-state index contributed by atoms with van der Waals surface area (Å²) < 4.78 is 16.8. The Balaban J connectivity index is 2.53. The second kappa shape index (κ2) is 5.04. The third-order valence-electron chi connectivity index (χ3n) is 1.41. The maximum Gasteiger partial charge on any atom is 0.118 e. The van der Waals surface area contributed by atoms with E-state index in [1.165, 1.54) is 11.8 Å². The van der Waals surface area contributed by atoms with Crippen LogP contribution in [0.1, 0.15) is 0 Å². The minimum atomic E-state index is -0.281. The van der Waals surface area contributed by atoms with Crippen molar-refractivity contribution in [2.24, 2.45) is 0 Å². The van der Waals surface area contributed by atoms with Crippen molar-refractivity contribution >= 4 is 11.8 Å². The fraction of sp³-hybridized carbons (Fsp3) is 0.333. The molecular formula is C9H11FOS. The Bertz CT molecular complexity index is 222. The molecule has 0 bridgehead atoms. The van der Waals surface area contributed by atoms with Crippen LogP contribution in [0.15, 0.2) is 29.2 Å². The first-order chi connectivity index (χ1) is 5.86. The molecule has 1 aromatic carbocycles. The van der Waals surface area contributed by atoms with Gasteiger partial charge in [-0.1, -0.05) is 0 Å². The summed E-state index contributed by atoms with van der Waals surface area (Å²) in [6.45, 7) is -0.281. The third kappa shape index (κ3) is 2.74. The zero-order chi connectivity index (χ0) is 8.81. The minimum absolute atomic E-state index is 0.281. The van der Waals surface area contributed by atoms with E-state index < -0.39 is 0 Å². The van der Waals surface area contributed by atoms with E-state index in [-0.39, 0.29) is 6.67 Å². The van der Waals surface area contributed by atoms with Crippen LogP contribution < -0.4 is 4.74 Å². The van der Waals surface area contributed by atoms with Crippen LogP contribution in [0.5, 0.6) is 5.75 Å². The number of hydrogen-bond donors (Lipinski definition) is 0. The molecule has 1 aromatic rings. The summed E-state index contributed by atoms with van der Waals surface area (Å²) in [4.78, 5) is 1.08. The Labute approximate surface area is 75.9 Å². The minimum Gasteiger partial charge on any atom is -0.497 e. The van der Waals surface area contributed by atoms with E-state index in [1.54, 1.807) is 7.11 Å². The van der Waals surface area contributed by atoms with E-state index in [0.717, 1.165) is 10.6 Å². The van der Waals surface area contributed by atoms with E-state index >= 15 is 0 Å². The van der Waals surface area contributed by atoms with Gasteiger partial charge in [-0.2, -0.15) is 0 Å². The summed E-state index contributed by atoms with van der Waals surface area (Å²) in [7, 11) is 1.63. The average molecular weight is 186 g/mol. The van der Waals surface area contributed by atoms with Gasteiger partial charge in [0, 0.05) is 10.6 Å². The van der Waals surface area contributed by atoms with Gasteiger partial charge in [-0.05, 0) is 24.3 Å². The lowest BCUT2D eigenvalue weighted by atomic mass is 10.3. The first-order valence-corrected chi connectivity index (χ1v) is 4.68. The summed E-state index contributed by atoms with van der Waals surface area (Å²) in [6, 6.07) is 7.61. The van der Waals surface area contributed by atoms with Crippen molar-refractivity contribution in [1.29, 1.82) is 0 Å². The molecule has 1 nitrogen and oxygen atoms in total. The Morgan fingerprint density at radius 2 is 2.00 bits per heavy atom. The molecule has 0 spiro atoms. The summed E-state index contributed by atoms with van der Waals surface area (Å²) >= 11 is 1.51. The number of methoxy groups -OCH3 is 1. The van der Waals surface area contributed by atoms with Crippen LogP contribution in [-0.4, -0.2) is 19.5 Å². The molecule has 0 heterocycles. The number of halogens is 1. The standard InChI is InChI=1S/C9H11FOS/c1-11-8-2-4-9(5-3-8)12-7-6-10/h2-5H,6-7H2,1H3. The van der Waals surface area contributed by atoms with Gasteiger partial charge in [-0.15, -0.1) is 11.8 Å². The van der Waals surface area contributed by atoms with Crippen LogP contribution in [0.2, 0.25) is 0 Å². The van der Waals surface area contributed by atoms with Crippen molar-refractivity contribution in [2.75, 3.05) is 19.5 Å². The molecule has 0 fully saturated rings. The van der Waals surface area contributed by atoms with Gasteiger partial charge in [0.1, 0.15) is 5.75 Å². The van der Waals surface area contributed by atoms with Gasteiger partial charge in [-0.3, -0.25) is 4.39 Å². The fourth-order valence-corrected chi connectivity index (χ4v) is 1.47. The second-order valence-electron chi connectivity index (χ2n) is 2.21. The lowest BCUT2D eigenvalue weighted by Gasteiger charge is -2.00. The Hall–Kier alpha value is -0.700. The van der Waals surface area contributed by atoms with E-state index in [4.69, 9.17) is 4.74 Å². The van der Waals surface area contributed by atoms with Gasteiger partial charge in [0.15, 0.2) is 0 Å². The predicted octanol–water partition coefficient (Wildman–Crippen LogP) is 2.76. The monoisotopic (exact) mass is 186 g/mol. The Morgan fingerprint density at radius 3 is 2.50 bits per heavy atom. The third-order valence-corrected chi connectivity index (χ3v) is 2.37. The maximum atomic E-state index is 11.8. The molecule has 0 saturated carbocycles. The molecule has 0 aliphatic rings. The van der Waals surface area contributed by atoms with Crippen LogP contribution in [0.3, 0.4) is 0 Å². The van der Waals surface area contributed by atoms with Gasteiger partial charge in [-0.25, -0.2) is 0 Å². The van der Waals surface area contributed by atoms with Gasteiger partial charge in [0.05, 0.1) is 13.8 Å². The zero-order valence-corrected chi connectivity index (χ0v) is 7.73. The number of benzene rings is 1. The van der Waals surface area contributed by atoms with Gasteiger partial charge >= 0.3 is 0 Å². The van der Waals surface area contributed by atoms with Gasteiger partial charge in [0.25, 0.3) is 0 Å². The maximum absolute atomic E-state index is 11.8. The largest absolute Gasteiger partial charge is 0.497 e. The molecule has 3 heteroatoms. The molecule has 0 aliphatic carbocycles. The van der Waals surface area contributed by atoms with E-state index in [9.17, 15) is 4.39 Å². The van der Waals surface area contributed by atoms with Crippen molar-refractivity contribution in [3.8, 4) is 5.75 Å². The van der Waals surface area contributed by atoms with Crippen LogP contribution in [0.25, 0.3) is 0 Å². The van der Waals surface area contributed by atoms with Crippen molar-refractivity contribution in [2.45, 2.75) is 4.90 Å². The van der Waals surface area contributed by atoms with E-state index in [0.29, 0.717) is 5.75 Å². The van der Waals surface area contributed by atoms with Crippen LogP contribution in [0, 0.1) is 0 Å². The number of hydrogen-bond acceptors (Lipinski definition) is 2. The van der Waals surface area contributed by atoms with Gasteiger partial charge in [0.2, 0.25) is 0 Å². The topological polar surface area (TPSA) is 9.23 Å². The number of thioether (sulfide) groups is 1. The van der Waals surface area contributed by atoms with E-state index in [2.05, 4.69) is 0 Å². The van der Waals surface area contributed by atoms with Crippen molar-refractivity contribution in [3.05, 3.63) is 24.3 Å². The van der Waals surface area contributed by atoms with Gasteiger partial charge < -0.3 is 4.74 Å². The highest BCUT2D eigenvalue weighted by Gasteiger charge is 1.93. The molecule has 66 valence electrons. The Kier molecular flexibility index (Phi) is 3.94. The highest BCUT2D eigenvalue weighted by atomic mass is 32.2. The summed E-state index contributed by atoms with van der Waals surface area (Å²) in [6.07, 6.45) is 0.